The van der Waals surface area contributed by atoms with Gasteiger partial charge in [0.1, 0.15) is 0 Å². The first-order valence-electron chi connectivity index (χ1n) is 7.30. The van der Waals surface area contributed by atoms with Crippen LogP contribution in [0.15, 0.2) is 28.9 Å². The molecule has 1 aliphatic heterocycles. The van der Waals surface area contributed by atoms with Gasteiger partial charge in [-0.1, -0.05) is 46.6 Å². The minimum Gasteiger partial charge on any atom is -0.380 e. The van der Waals surface area contributed by atoms with Crippen molar-refractivity contribution >= 4 is 23.2 Å². The molecule has 0 spiro atoms. The summed E-state index contributed by atoms with van der Waals surface area (Å²) in [6, 6.07) is 5.19. The smallest absolute Gasteiger partial charge is 0.280 e. The van der Waals surface area contributed by atoms with Gasteiger partial charge >= 0.3 is 0 Å². The van der Waals surface area contributed by atoms with Gasteiger partial charge in [0.05, 0.1) is 41.6 Å². The van der Waals surface area contributed by atoms with Gasteiger partial charge in [-0.05, 0) is 12.1 Å². The van der Waals surface area contributed by atoms with Crippen LogP contribution < -0.4 is 0 Å². The van der Waals surface area contributed by atoms with Crippen LogP contribution in [-0.4, -0.2) is 38.3 Å². The Bertz CT molecular complexity index is 867. The number of benzene rings is 1. The highest BCUT2D eigenvalue weighted by Gasteiger charge is 2.34. The predicted octanol–water partition coefficient (Wildman–Crippen LogP) is 3.34. The average molecular weight is 366 g/mol. The van der Waals surface area contributed by atoms with Crippen LogP contribution in [0.5, 0.6) is 0 Å². The zero-order valence-electron chi connectivity index (χ0n) is 12.7. The number of nitrogens with zero attached hydrogens (tertiary/aromatic N) is 5. The molecular formula is C15H13Cl2N5O2. The van der Waals surface area contributed by atoms with E-state index >= 15 is 0 Å². The summed E-state index contributed by atoms with van der Waals surface area (Å²) in [4.78, 5) is 4.33. The number of aromatic nitrogens is 5. The molecule has 0 saturated carbocycles. The van der Waals surface area contributed by atoms with Gasteiger partial charge in [-0.25, -0.2) is 0 Å². The van der Waals surface area contributed by atoms with Gasteiger partial charge < -0.3 is 9.26 Å². The first-order valence-corrected chi connectivity index (χ1v) is 8.06. The second-order valence-corrected chi connectivity index (χ2v) is 6.94. The maximum Gasteiger partial charge on any atom is 0.280 e. The van der Waals surface area contributed by atoms with Crippen molar-refractivity contribution in [1.29, 1.82) is 0 Å². The molecule has 7 nitrogen and oxygen atoms in total. The highest BCUT2D eigenvalue weighted by Crippen LogP contribution is 2.33. The van der Waals surface area contributed by atoms with Crippen molar-refractivity contribution in [2.24, 2.45) is 5.41 Å². The molecule has 0 amide bonds. The molecule has 0 unspecified atom stereocenters. The van der Waals surface area contributed by atoms with E-state index < -0.39 is 0 Å². The molecule has 24 heavy (non-hydrogen) atoms. The molecule has 3 heterocycles. The van der Waals surface area contributed by atoms with E-state index in [9.17, 15) is 0 Å². The summed E-state index contributed by atoms with van der Waals surface area (Å²) in [6.07, 6.45) is 1.77. The first kappa shape index (κ1) is 15.6. The molecule has 124 valence electrons. The number of ether oxygens (including phenoxy) is 1. The lowest BCUT2D eigenvalue weighted by Crippen LogP contribution is -2.43. The molecular weight excluding hydrogens is 353 g/mol. The standard InChI is InChI=1S/C15H13Cl2N5O2/c1-15(7-23-8-15)6-22-5-11(19-21-22)14-18-13(20-24-14)12-9(16)3-2-4-10(12)17/h2-5H,6-8H2,1H3. The molecule has 1 fully saturated rings. The van der Waals surface area contributed by atoms with E-state index in [1.807, 2.05) is 0 Å². The predicted molar refractivity (Wildman–Crippen MR) is 87.7 cm³/mol. The van der Waals surface area contributed by atoms with Crippen LogP contribution in [0.4, 0.5) is 0 Å². The van der Waals surface area contributed by atoms with Crippen LogP contribution in [-0.2, 0) is 11.3 Å². The summed E-state index contributed by atoms with van der Waals surface area (Å²) in [5.74, 6) is 0.580. The van der Waals surface area contributed by atoms with Crippen molar-refractivity contribution in [2.75, 3.05) is 13.2 Å². The largest absolute Gasteiger partial charge is 0.380 e. The van der Waals surface area contributed by atoms with Crippen molar-refractivity contribution in [3.05, 3.63) is 34.4 Å². The van der Waals surface area contributed by atoms with Crippen molar-refractivity contribution in [2.45, 2.75) is 13.5 Å². The highest BCUT2D eigenvalue weighted by molar-refractivity contribution is 6.38. The molecule has 0 atom stereocenters. The molecule has 1 aliphatic rings. The molecule has 0 aliphatic carbocycles. The van der Waals surface area contributed by atoms with Crippen LogP contribution in [0.1, 0.15) is 6.92 Å². The summed E-state index contributed by atoms with van der Waals surface area (Å²) in [5, 5.41) is 13.1. The Morgan fingerprint density at radius 3 is 2.67 bits per heavy atom. The monoisotopic (exact) mass is 365 g/mol. The van der Waals surface area contributed by atoms with Crippen molar-refractivity contribution in [3.63, 3.8) is 0 Å². The second-order valence-electron chi connectivity index (χ2n) is 6.12. The van der Waals surface area contributed by atoms with E-state index in [1.165, 1.54) is 0 Å². The molecule has 9 heteroatoms. The quantitative estimate of drug-likeness (QED) is 0.705. The van der Waals surface area contributed by atoms with Gasteiger partial charge in [-0.15, -0.1) is 5.10 Å². The second kappa shape index (κ2) is 5.84. The van der Waals surface area contributed by atoms with Crippen LogP contribution in [0.2, 0.25) is 10.0 Å². The highest BCUT2D eigenvalue weighted by atomic mass is 35.5. The number of hydrogen-bond acceptors (Lipinski definition) is 6. The van der Waals surface area contributed by atoms with E-state index in [0.717, 1.165) is 19.8 Å². The molecule has 4 rings (SSSR count). The van der Waals surface area contributed by atoms with E-state index in [2.05, 4.69) is 27.4 Å². The SMILES string of the molecule is CC1(Cn2cc(-c3nc(-c4c(Cl)cccc4Cl)no3)nn2)COC1. The Hall–Kier alpha value is -1.96. The summed E-state index contributed by atoms with van der Waals surface area (Å²) < 4.78 is 12.3. The van der Waals surface area contributed by atoms with Crippen LogP contribution in [0.3, 0.4) is 0 Å². The summed E-state index contributed by atoms with van der Waals surface area (Å²) in [5.41, 5.74) is 1.12. The molecule has 0 radical (unpaired) electrons. The van der Waals surface area contributed by atoms with Gasteiger partial charge in [-0.3, -0.25) is 4.68 Å². The minimum absolute atomic E-state index is 0.0933. The Kier molecular flexibility index (Phi) is 3.79. The lowest BCUT2D eigenvalue weighted by Gasteiger charge is -2.37. The fourth-order valence-electron chi connectivity index (χ4n) is 2.55. The molecule has 0 bridgehead atoms. The zero-order chi connectivity index (χ0) is 16.7. The number of hydrogen-bond donors (Lipinski definition) is 0. The summed E-state index contributed by atoms with van der Waals surface area (Å²) in [6.45, 7) is 4.30. The van der Waals surface area contributed by atoms with Gasteiger partial charge in [0, 0.05) is 5.41 Å². The third kappa shape index (κ3) is 2.79. The molecule has 3 aromatic rings. The normalized spacial score (nSPS) is 16.1. The fourth-order valence-corrected chi connectivity index (χ4v) is 3.11. The molecule has 1 saturated heterocycles. The Morgan fingerprint density at radius 2 is 2.00 bits per heavy atom. The lowest BCUT2D eigenvalue weighted by molar-refractivity contribution is -0.111. The number of rotatable bonds is 4. The maximum absolute atomic E-state index is 6.17. The van der Waals surface area contributed by atoms with E-state index in [4.69, 9.17) is 32.5 Å². The van der Waals surface area contributed by atoms with Crippen molar-refractivity contribution in [1.82, 2.24) is 25.1 Å². The Balaban J connectivity index is 1.60. The van der Waals surface area contributed by atoms with Gasteiger partial charge in [0.15, 0.2) is 5.69 Å². The topological polar surface area (TPSA) is 78.9 Å². The van der Waals surface area contributed by atoms with E-state index in [0.29, 0.717) is 27.1 Å². The average Bonchev–Trinajstić information content (AvgIpc) is 3.15. The Labute approximate surface area is 147 Å². The minimum atomic E-state index is 0.0933. The van der Waals surface area contributed by atoms with E-state index in [1.54, 1.807) is 29.1 Å². The molecule has 0 N–H and O–H groups in total. The lowest BCUT2D eigenvalue weighted by atomic mass is 9.89. The third-order valence-corrected chi connectivity index (χ3v) is 4.44. The third-order valence-electron chi connectivity index (χ3n) is 3.81. The molecule has 2 aromatic heterocycles. The van der Waals surface area contributed by atoms with E-state index in [-0.39, 0.29) is 11.3 Å². The fraction of sp³-hybridized carbons (Fsp3) is 0.333. The Morgan fingerprint density at radius 1 is 1.25 bits per heavy atom. The van der Waals surface area contributed by atoms with Crippen LogP contribution >= 0.6 is 23.2 Å². The zero-order valence-corrected chi connectivity index (χ0v) is 14.3. The maximum atomic E-state index is 6.17. The van der Waals surface area contributed by atoms with Crippen molar-refractivity contribution in [3.8, 4) is 23.0 Å². The molecule has 1 aromatic carbocycles. The number of halogens is 2. The first-order chi connectivity index (χ1) is 11.5. The summed E-state index contributed by atoms with van der Waals surface area (Å²) >= 11 is 12.3. The van der Waals surface area contributed by atoms with Gasteiger partial charge in [-0.2, -0.15) is 4.98 Å². The van der Waals surface area contributed by atoms with Crippen molar-refractivity contribution < 1.29 is 9.26 Å². The van der Waals surface area contributed by atoms with Gasteiger partial charge in [0.25, 0.3) is 5.89 Å². The summed E-state index contributed by atoms with van der Waals surface area (Å²) in [7, 11) is 0. The van der Waals surface area contributed by atoms with Crippen LogP contribution in [0, 0.1) is 5.41 Å². The van der Waals surface area contributed by atoms with Crippen LogP contribution in [0.25, 0.3) is 23.0 Å². The van der Waals surface area contributed by atoms with Gasteiger partial charge in [0.2, 0.25) is 5.82 Å².